The third-order valence-corrected chi connectivity index (χ3v) is 3.34. The van der Waals surface area contributed by atoms with E-state index >= 15 is 0 Å². The lowest BCUT2D eigenvalue weighted by Crippen LogP contribution is -2.04. The molecule has 98 valence electrons. The highest BCUT2D eigenvalue weighted by Gasteiger charge is 2.28. The number of nitrogen functional groups attached to an aromatic ring is 1. The van der Waals surface area contributed by atoms with Crippen molar-refractivity contribution in [3.05, 3.63) is 41.2 Å². The molecule has 5 heteroatoms. The number of rotatable bonds is 2. The van der Waals surface area contributed by atoms with Crippen LogP contribution in [0.25, 0.3) is 11.3 Å². The Morgan fingerprint density at radius 3 is 2.53 bits per heavy atom. The van der Waals surface area contributed by atoms with Crippen LogP contribution in [0.4, 0.5) is 14.6 Å². The van der Waals surface area contributed by atoms with Crippen molar-refractivity contribution >= 4 is 5.82 Å². The highest BCUT2D eigenvalue weighted by Crippen LogP contribution is 2.39. The molecule has 1 saturated carbocycles. The van der Waals surface area contributed by atoms with Gasteiger partial charge in [0.1, 0.15) is 11.6 Å². The summed E-state index contributed by atoms with van der Waals surface area (Å²) >= 11 is 0. The quantitative estimate of drug-likeness (QED) is 0.903. The van der Waals surface area contributed by atoms with Gasteiger partial charge < -0.3 is 5.73 Å². The van der Waals surface area contributed by atoms with Crippen LogP contribution >= 0.6 is 0 Å². The number of nitrogens with zero attached hydrogens (tertiary/aromatic N) is 2. The largest absolute Gasteiger partial charge is 0.383 e. The minimum absolute atomic E-state index is 0.354. The maximum atomic E-state index is 13.3. The molecule has 1 fully saturated rings. The molecule has 2 N–H and O–H groups in total. The Morgan fingerprint density at radius 2 is 1.89 bits per heavy atom. The molecule has 1 aliphatic rings. The summed E-state index contributed by atoms with van der Waals surface area (Å²) in [5.41, 5.74) is 7.66. The summed E-state index contributed by atoms with van der Waals surface area (Å²) in [6, 6.07) is 3.74. The fourth-order valence-corrected chi connectivity index (χ4v) is 2.00. The van der Waals surface area contributed by atoms with Crippen LogP contribution in [0, 0.1) is 18.6 Å². The second-order valence-electron chi connectivity index (χ2n) is 4.84. The SMILES string of the molecule is Cc1c(N)nc(C2CC2)nc1-c1ccc(F)c(F)c1. The number of hydrogen-bond acceptors (Lipinski definition) is 3. The molecule has 0 radical (unpaired) electrons. The van der Waals surface area contributed by atoms with Crippen LogP contribution in [-0.2, 0) is 0 Å². The fourth-order valence-electron chi connectivity index (χ4n) is 2.00. The van der Waals surface area contributed by atoms with Crippen molar-refractivity contribution in [2.75, 3.05) is 5.73 Å². The van der Waals surface area contributed by atoms with Crippen LogP contribution in [0.15, 0.2) is 18.2 Å². The first-order valence-corrected chi connectivity index (χ1v) is 6.15. The van der Waals surface area contributed by atoms with Gasteiger partial charge in [0.25, 0.3) is 0 Å². The van der Waals surface area contributed by atoms with E-state index in [0.717, 1.165) is 25.0 Å². The summed E-state index contributed by atoms with van der Waals surface area (Å²) in [5.74, 6) is -0.306. The van der Waals surface area contributed by atoms with Gasteiger partial charge in [-0.1, -0.05) is 0 Å². The molecule has 0 atom stereocenters. The summed E-state index contributed by atoms with van der Waals surface area (Å²) in [4.78, 5) is 8.72. The van der Waals surface area contributed by atoms with Gasteiger partial charge in [-0.2, -0.15) is 0 Å². The minimum atomic E-state index is -0.887. The fraction of sp³-hybridized carbons (Fsp3) is 0.286. The van der Waals surface area contributed by atoms with E-state index in [1.165, 1.54) is 6.07 Å². The minimum Gasteiger partial charge on any atom is -0.383 e. The molecule has 0 unspecified atom stereocenters. The van der Waals surface area contributed by atoms with Crippen molar-refractivity contribution in [2.45, 2.75) is 25.7 Å². The summed E-state index contributed by atoms with van der Waals surface area (Å²) in [7, 11) is 0. The number of nitrogens with two attached hydrogens (primary N) is 1. The Morgan fingerprint density at radius 1 is 1.16 bits per heavy atom. The standard InChI is InChI=1S/C14H13F2N3/c1-7-12(9-4-5-10(15)11(16)6-9)18-14(8-2-3-8)19-13(7)17/h4-6,8H,2-3H2,1H3,(H2,17,18,19). The second kappa shape index (κ2) is 4.26. The maximum Gasteiger partial charge on any atom is 0.159 e. The zero-order valence-corrected chi connectivity index (χ0v) is 10.5. The second-order valence-corrected chi connectivity index (χ2v) is 4.84. The lowest BCUT2D eigenvalue weighted by atomic mass is 10.1. The first-order chi connectivity index (χ1) is 9.06. The molecular weight excluding hydrogens is 248 g/mol. The Kier molecular flexibility index (Phi) is 2.69. The molecule has 19 heavy (non-hydrogen) atoms. The number of halogens is 2. The number of benzene rings is 1. The lowest BCUT2D eigenvalue weighted by Gasteiger charge is -2.10. The third-order valence-electron chi connectivity index (χ3n) is 3.34. The molecule has 1 aliphatic carbocycles. The first-order valence-electron chi connectivity index (χ1n) is 6.15. The summed E-state index contributed by atoms with van der Waals surface area (Å²) < 4.78 is 26.3. The molecule has 0 amide bonds. The predicted octanol–water partition coefficient (Wildman–Crippen LogP) is 3.19. The van der Waals surface area contributed by atoms with Gasteiger partial charge in [0.15, 0.2) is 11.6 Å². The molecule has 0 bridgehead atoms. The normalized spacial score (nSPS) is 14.7. The van der Waals surface area contributed by atoms with Crippen LogP contribution in [0.5, 0.6) is 0 Å². The topological polar surface area (TPSA) is 51.8 Å². The smallest absolute Gasteiger partial charge is 0.159 e. The molecule has 0 saturated heterocycles. The summed E-state index contributed by atoms with van der Waals surface area (Å²) in [6.07, 6.45) is 2.11. The Labute approximate surface area is 109 Å². The van der Waals surface area contributed by atoms with Crippen LogP contribution in [-0.4, -0.2) is 9.97 Å². The predicted molar refractivity (Wildman–Crippen MR) is 68.5 cm³/mol. The average molecular weight is 261 g/mol. The molecule has 1 aromatic heterocycles. The molecular formula is C14H13F2N3. The van der Waals surface area contributed by atoms with E-state index in [9.17, 15) is 8.78 Å². The molecule has 3 rings (SSSR count). The highest BCUT2D eigenvalue weighted by molar-refractivity contribution is 5.67. The van der Waals surface area contributed by atoms with Crippen molar-refractivity contribution in [2.24, 2.45) is 0 Å². The van der Waals surface area contributed by atoms with Gasteiger partial charge in [0.05, 0.1) is 5.69 Å². The van der Waals surface area contributed by atoms with Crippen LogP contribution < -0.4 is 5.73 Å². The molecule has 0 spiro atoms. The maximum absolute atomic E-state index is 13.3. The molecule has 1 heterocycles. The molecule has 3 nitrogen and oxygen atoms in total. The van der Waals surface area contributed by atoms with E-state index in [-0.39, 0.29) is 0 Å². The zero-order valence-electron chi connectivity index (χ0n) is 10.5. The van der Waals surface area contributed by atoms with Gasteiger partial charge >= 0.3 is 0 Å². The molecule has 2 aromatic rings. The van der Waals surface area contributed by atoms with Crippen LogP contribution in [0.3, 0.4) is 0 Å². The van der Waals surface area contributed by atoms with Crippen molar-refractivity contribution in [3.8, 4) is 11.3 Å². The first kappa shape index (κ1) is 12.0. The van der Waals surface area contributed by atoms with Gasteiger partial charge in [-0.05, 0) is 38.0 Å². The number of hydrogen-bond donors (Lipinski definition) is 1. The monoisotopic (exact) mass is 261 g/mol. The van der Waals surface area contributed by atoms with Crippen molar-refractivity contribution < 1.29 is 8.78 Å². The van der Waals surface area contributed by atoms with Crippen molar-refractivity contribution in [3.63, 3.8) is 0 Å². The summed E-state index contributed by atoms with van der Waals surface area (Å²) in [5, 5.41) is 0. The average Bonchev–Trinajstić information content (AvgIpc) is 3.20. The van der Waals surface area contributed by atoms with E-state index in [4.69, 9.17) is 5.73 Å². The van der Waals surface area contributed by atoms with Gasteiger partial charge in [-0.3, -0.25) is 0 Å². The zero-order chi connectivity index (χ0) is 13.6. The van der Waals surface area contributed by atoms with Gasteiger partial charge in [0, 0.05) is 17.0 Å². The Balaban J connectivity index is 2.14. The van der Waals surface area contributed by atoms with Crippen molar-refractivity contribution in [1.29, 1.82) is 0 Å². The van der Waals surface area contributed by atoms with Gasteiger partial charge in [0.2, 0.25) is 0 Å². The lowest BCUT2D eigenvalue weighted by molar-refractivity contribution is 0.509. The van der Waals surface area contributed by atoms with E-state index < -0.39 is 11.6 Å². The molecule has 1 aromatic carbocycles. The van der Waals surface area contributed by atoms with Crippen LogP contribution in [0.2, 0.25) is 0 Å². The molecule has 0 aliphatic heterocycles. The van der Waals surface area contributed by atoms with Crippen molar-refractivity contribution in [1.82, 2.24) is 9.97 Å². The van der Waals surface area contributed by atoms with E-state index in [1.54, 1.807) is 6.92 Å². The van der Waals surface area contributed by atoms with Gasteiger partial charge in [-0.25, -0.2) is 18.7 Å². The van der Waals surface area contributed by atoms with E-state index in [2.05, 4.69) is 9.97 Å². The number of anilines is 1. The Hall–Kier alpha value is -2.04. The third kappa shape index (κ3) is 2.16. The van der Waals surface area contributed by atoms with Crippen LogP contribution in [0.1, 0.15) is 30.1 Å². The highest BCUT2D eigenvalue weighted by atomic mass is 19.2. The van der Waals surface area contributed by atoms with Gasteiger partial charge in [-0.15, -0.1) is 0 Å². The van der Waals surface area contributed by atoms with E-state index in [1.807, 2.05) is 0 Å². The van der Waals surface area contributed by atoms with E-state index in [0.29, 0.717) is 34.4 Å². The summed E-state index contributed by atoms with van der Waals surface area (Å²) in [6.45, 7) is 1.78. The number of aromatic nitrogens is 2. The Bertz CT molecular complexity index is 651.